The summed E-state index contributed by atoms with van der Waals surface area (Å²) in [5.74, 6) is 3.95. The van der Waals surface area contributed by atoms with Gasteiger partial charge in [0.2, 0.25) is 0 Å². The number of hydrogen-bond acceptors (Lipinski definition) is 4. The number of benzene rings is 2. The first-order chi connectivity index (χ1) is 28.5. The van der Waals surface area contributed by atoms with Crippen molar-refractivity contribution in [2.75, 3.05) is 59.3 Å². The van der Waals surface area contributed by atoms with Crippen LogP contribution in [-0.4, -0.2) is 107 Å². The Morgan fingerprint density at radius 2 is 1.05 bits per heavy atom. The Bertz CT molecular complexity index is 2130. The van der Waals surface area contributed by atoms with Gasteiger partial charge in [0.1, 0.15) is 29.5 Å². The van der Waals surface area contributed by atoms with Crippen LogP contribution in [-0.2, 0) is 17.1 Å². The second-order valence-electron chi connectivity index (χ2n) is 17.6. The molecule has 8 atom stereocenters. The van der Waals surface area contributed by atoms with Crippen molar-refractivity contribution < 1.29 is 26.2 Å². The van der Waals surface area contributed by atoms with Crippen LogP contribution < -0.4 is 20.5 Å². The van der Waals surface area contributed by atoms with Crippen molar-refractivity contribution in [1.29, 1.82) is 0 Å². The zero-order chi connectivity index (χ0) is 39.9. The molecule has 12 heteroatoms. The molecule has 3 aromatic rings. The molecule has 4 fully saturated rings. The van der Waals surface area contributed by atoms with Crippen LogP contribution >= 0.6 is 0 Å². The molecule has 0 amide bonds. The molecule has 2 saturated carbocycles. The van der Waals surface area contributed by atoms with E-state index in [0.29, 0.717) is 23.7 Å². The summed E-state index contributed by atoms with van der Waals surface area (Å²) in [6.07, 6.45) is 9.11. The van der Waals surface area contributed by atoms with Gasteiger partial charge in [-0.05, 0) is 88.4 Å². The zero-order valence-electron chi connectivity index (χ0n) is 36.5. The van der Waals surface area contributed by atoms with E-state index in [-0.39, 0.29) is 41.7 Å². The summed E-state index contributed by atoms with van der Waals surface area (Å²) in [6.45, 7) is 22.0. The number of fused-ring (bicyclic) bond motifs is 20. The minimum Gasteiger partial charge on any atom is -0.614 e. The van der Waals surface area contributed by atoms with E-state index in [1.54, 1.807) is 0 Å². The van der Waals surface area contributed by atoms with E-state index in [2.05, 4.69) is 118 Å². The third-order valence-electron chi connectivity index (χ3n) is 14.8. The molecule has 0 spiro atoms. The molecule has 5 heterocycles. The normalized spacial score (nSPS) is 28.7. The molecule has 59 heavy (non-hydrogen) atoms. The molecule has 0 N–H and O–H groups in total. The molecule has 4 aliphatic heterocycles. The van der Waals surface area contributed by atoms with Crippen molar-refractivity contribution in [2.45, 2.75) is 118 Å². The minimum atomic E-state index is -0.166. The van der Waals surface area contributed by atoms with E-state index in [4.69, 9.17) is 25.9 Å². The summed E-state index contributed by atoms with van der Waals surface area (Å²) in [4.78, 5) is 18.9. The third-order valence-corrected chi connectivity index (χ3v) is 14.8. The SMILES string of the molecule is CCN(CC)C[N+]1=C2[N-]C(N=c3[n-]c(c4ccccc34)=[N+](CN(CC)CC)C3[N-]C(=[N+](CN(CC)CC)C4[N-]C1c1ccccc14)C1CCCCC13)C1CCCCC21.[Cu]. The fraction of sp³-hybridized carbons (Fsp3) is 0.660. The van der Waals surface area contributed by atoms with Gasteiger partial charge in [-0.15, -0.1) is 0 Å². The van der Waals surface area contributed by atoms with Gasteiger partial charge in [0, 0.05) is 51.5 Å². The number of hydrogen-bond donors (Lipinski definition) is 0. The average molecular weight is 851 g/mol. The van der Waals surface area contributed by atoms with Crippen LogP contribution in [0.3, 0.4) is 0 Å². The topological polar surface area (TPSA) is 87.5 Å². The summed E-state index contributed by atoms with van der Waals surface area (Å²) in [5.41, 5.74) is 4.51. The predicted octanol–water partition coefficient (Wildman–Crippen LogP) is 6.76. The fourth-order valence-corrected chi connectivity index (χ4v) is 11.4. The van der Waals surface area contributed by atoms with Gasteiger partial charge >= 0.3 is 0 Å². The number of aromatic nitrogens is 1. The summed E-state index contributed by atoms with van der Waals surface area (Å²) in [7, 11) is 0. The quantitative estimate of drug-likeness (QED) is 0.149. The smallest absolute Gasteiger partial charge is 0.159 e. The van der Waals surface area contributed by atoms with Gasteiger partial charge < -0.3 is 19.0 Å². The fourth-order valence-electron chi connectivity index (χ4n) is 11.4. The van der Waals surface area contributed by atoms with Crippen molar-refractivity contribution in [3.05, 3.63) is 86.6 Å². The van der Waals surface area contributed by atoms with Gasteiger partial charge in [-0.25, -0.2) is 20.6 Å². The molecule has 2 aliphatic carbocycles. The van der Waals surface area contributed by atoms with Crippen molar-refractivity contribution in [1.82, 2.24) is 24.3 Å². The van der Waals surface area contributed by atoms with E-state index < -0.39 is 0 Å². The van der Waals surface area contributed by atoms with Crippen molar-refractivity contribution in [3.8, 4) is 0 Å². The largest absolute Gasteiger partial charge is 0.614 e. The molecule has 6 aliphatic rings. The molecular weight excluding hydrogens is 782 g/mol. The minimum absolute atomic E-state index is 0. The number of amidine groups is 2. The number of rotatable bonds is 12. The second-order valence-corrected chi connectivity index (χ2v) is 17.6. The van der Waals surface area contributed by atoms with Crippen molar-refractivity contribution >= 4 is 22.4 Å². The molecule has 323 valence electrons. The van der Waals surface area contributed by atoms with E-state index in [1.165, 1.54) is 60.3 Å². The third kappa shape index (κ3) is 7.73. The monoisotopic (exact) mass is 849 g/mol. The number of nitrogens with zero attached hydrogens (tertiary/aromatic N) is 11. The predicted molar refractivity (Wildman–Crippen MR) is 234 cm³/mol. The maximum atomic E-state index is 6.03. The standard InChI is InChI=1S/C47H68N11.Cu/c1-7-53(8-2)29-56-42-34-23-15-13-21-32(34)40(49-42)48-41-33-22-14-16-24-35(33)43(50-41)57(30-54(9-3)10-4)45-37-26-18-20-28-39(37)47(52-45)58(31-55(11-5)12-6)46-38-27-19-17-25-36(38)44(56)51-46;/h13,15,18,20-21,23,26,28,33,35-36,38,41,44-45,47H,7-12,14,16-17,19,22,24-25,27,29-31H2,1-6H3;/q-1;. The van der Waals surface area contributed by atoms with Crippen LogP contribution in [0.1, 0.15) is 116 Å². The van der Waals surface area contributed by atoms with Gasteiger partial charge in [0.25, 0.3) is 0 Å². The van der Waals surface area contributed by atoms with Crippen LogP contribution in [0.4, 0.5) is 0 Å². The molecule has 1 radical (unpaired) electrons. The van der Waals surface area contributed by atoms with Gasteiger partial charge in [-0.1, -0.05) is 116 Å². The van der Waals surface area contributed by atoms with Crippen molar-refractivity contribution in [2.24, 2.45) is 28.7 Å². The van der Waals surface area contributed by atoms with Gasteiger partial charge in [0.05, 0.1) is 20.0 Å². The summed E-state index contributed by atoms with van der Waals surface area (Å²) in [6, 6.07) is 18.0. The summed E-state index contributed by atoms with van der Waals surface area (Å²) < 4.78 is 7.86. The maximum absolute atomic E-state index is 6.03. The second kappa shape index (κ2) is 18.5. The Morgan fingerprint density at radius 3 is 1.63 bits per heavy atom. The Morgan fingerprint density at radius 1 is 0.576 bits per heavy atom. The van der Waals surface area contributed by atoms with E-state index in [1.807, 2.05) is 0 Å². The molecule has 1 aromatic heterocycles. The zero-order valence-corrected chi connectivity index (χ0v) is 37.4. The first-order valence-corrected chi connectivity index (χ1v) is 23.2. The Kier molecular flexibility index (Phi) is 13.3. The summed E-state index contributed by atoms with van der Waals surface area (Å²) >= 11 is 0. The van der Waals surface area contributed by atoms with Gasteiger partial charge in [-0.2, -0.15) is 0 Å². The van der Waals surface area contributed by atoms with Gasteiger partial charge in [0.15, 0.2) is 5.49 Å². The molecule has 9 rings (SSSR count). The van der Waals surface area contributed by atoms with Crippen LogP contribution in [0.15, 0.2) is 53.5 Å². The summed E-state index contributed by atoms with van der Waals surface area (Å²) in [5, 5.41) is 20.1. The van der Waals surface area contributed by atoms with Crippen LogP contribution in [0, 0.1) is 23.7 Å². The van der Waals surface area contributed by atoms with Gasteiger partial charge in [-0.3, -0.25) is 14.7 Å². The van der Waals surface area contributed by atoms with Crippen LogP contribution in [0.25, 0.3) is 26.7 Å². The van der Waals surface area contributed by atoms with Crippen LogP contribution in [0.5, 0.6) is 0 Å². The molecule has 8 bridgehead atoms. The Balaban J connectivity index is 0.00000484. The maximum Gasteiger partial charge on any atom is 0.159 e. The van der Waals surface area contributed by atoms with Crippen LogP contribution in [0.2, 0.25) is 0 Å². The van der Waals surface area contributed by atoms with E-state index >= 15 is 0 Å². The first kappa shape index (κ1) is 42.6. The molecule has 11 nitrogen and oxygen atoms in total. The molecule has 2 aromatic carbocycles. The Hall–Kier alpha value is -3.12. The van der Waals surface area contributed by atoms with E-state index in [0.717, 1.165) is 94.9 Å². The molecular formula is C47H68CuN11-. The molecule has 2 saturated heterocycles. The first-order valence-electron chi connectivity index (χ1n) is 23.2. The van der Waals surface area contributed by atoms with E-state index in [9.17, 15) is 0 Å². The van der Waals surface area contributed by atoms with Crippen molar-refractivity contribution in [3.63, 3.8) is 0 Å². The Labute approximate surface area is 363 Å². The molecule has 8 unspecified atom stereocenters. The average Bonchev–Trinajstić information content (AvgIpc) is 4.04.